The van der Waals surface area contributed by atoms with E-state index in [1.54, 1.807) is 0 Å². The van der Waals surface area contributed by atoms with Gasteiger partial charge >= 0.3 is 0 Å². The van der Waals surface area contributed by atoms with Crippen molar-refractivity contribution in [1.82, 2.24) is 4.31 Å². The van der Waals surface area contributed by atoms with Crippen LogP contribution in [0.2, 0.25) is 0 Å². The van der Waals surface area contributed by atoms with Crippen molar-refractivity contribution in [3.63, 3.8) is 0 Å². The third-order valence-electron chi connectivity index (χ3n) is 3.50. The largest absolute Gasteiger partial charge is 0.323 e. The Morgan fingerprint density at radius 3 is 2.05 bits per heavy atom. The smallest absolute Gasteiger partial charge is 0.0413 e. The van der Waals surface area contributed by atoms with Gasteiger partial charge in [0.1, 0.15) is 0 Å². The Hall–Kier alpha value is -1.00. The molecule has 1 saturated heterocycles. The summed E-state index contributed by atoms with van der Waals surface area (Å²) in [4.78, 5) is 1.27. The van der Waals surface area contributed by atoms with E-state index in [0.717, 1.165) is 18.6 Å². The molecule has 1 aliphatic heterocycles. The molecule has 0 atom stereocenters. The first kappa shape index (κ1) is 14.4. The molecule has 2 N–H and O–H groups in total. The zero-order chi connectivity index (χ0) is 14.1. The minimum Gasteiger partial charge on any atom is -0.323 e. The lowest BCUT2D eigenvalue weighted by molar-refractivity contribution is 0.118. The monoisotopic (exact) mass is 277 g/mol. The molecule has 1 aromatic carbocycles. The summed E-state index contributed by atoms with van der Waals surface area (Å²) in [6.07, 6.45) is 1.85. The lowest BCUT2D eigenvalue weighted by Gasteiger charge is -2.51. The van der Waals surface area contributed by atoms with Crippen LogP contribution in [0.5, 0.6) is 0 Å². The Kier molecular flexibility index (Phi) is 3.92. The Morgan fingerprint density at radius 2 is 1.58 bits per heavy atom. The van der Waals surface area contributed by atoms with E-state index in [1.807, 2.05) is 11.9 Å². The Bertz CT molecular complexity index is 446. The molecule has 0 radical (unpaired) electrons. The van der Waals surface area contributed by atoms with Gasteiger partial charge in [-0.2, -0.15) is 5.10 Å². The summed E-state index contributed by atoms with van der Waals surface area (Å²) in [5.41, 5.74) is 1.20. The molecule has 4 heteroatoms. The molecule has 0 saturated carbocycles. The highest BCUT2D eigenvalue weighted by Gasteiger charge is 2.44. The average molecular weight is 277 g/mol. The van der Waals surface area contributed by atoms with Crippen molar-refractivity contribution in [2.75, 3.05) is 0 Å². The van der Waals surface area contributed by atoms with Crippen molar-refractivity contribution in [3.05, 3.63) is 30.3 Å². The second-order valence-corrected chi connectivity index (χ2v) is 7.39. The van der Waals surface area contributed by atoms with Crippen LogP contribution in [0.25, 0.3) is 0 Å². The van der Waals surface area contributed by atoms with E-state index < -0.39 is 0 Å². The SMILES string of the molecule is CC1(C)CC(=NN)CC(C)(C)N1Sc1ccccc1. The zero-order valence-corrected chi connectivity index (χ0v) is 13.0. The summed E-state index contributed by atoms with van der Waals surface area (Å²) in [6, 6.07) is 10.5. The van der Waals surface area contributed by atoms with E-state index in [9.17, 15) is 0 Å². The molecule has 0 bridgehead atoms. The standard InChI is InChI=1S/C15H23N3S/c1-14(2)10-12(17-16)11-15(3,4)18(14)19-13-8-6-5-7-9-13/h5-9H,10-11,16H2,1-4H3. The molecule has 1 aromatic rings. The van der Waals surface area contributed by atoms with Crippen molar-refractivity contribution < 1.29 is 0 Å². The van der Waals surface area contributed by atoms with E-state index in [0.29, 0.717) is 0 Å². The molecule has 3 nitrogen and oxygen atoms in total. The Labute approximate surface area is 120 Å². The predicted molar refractivity (Wildman–Crippen MR) is 83.2 cm³/mol. The summed E-state index contributed by atoms with van der Waals surface area (Å²) < 4.78 is 2.49. The number of benzene rings is 1. The second kappa shape index (κ2) is 5.17. The average Bonchev–Trinajstić information content (AvgIpc) is 2.34. The molecule has 0 unspecified atom stereocenters. The molecule has 1 fully saturated rings. The minimum atomic E-state index is 0.0421. The highest BCUT2D eigenvalue weighted by atomic mass is 32.2. The molecule has 2 rings (SSSR count). The molecule has 104 valence electrons. The summed E-state index contributed by atoms with van der Waals surface area (Å²) in [5, 5.41) is 3.96. The fourth-order valence-corrected chi connectivity index (χ4v) is 4.06. The van der Waals surface area contributed by atoms with Crippen molar-refractivity contribution in [3.8, 4) is 0 Å². The maximum atomic E-state index is 5.51. The highest BCUT2D eigenvalue weighted by Crippen LogP contribution is 2.44. The minimum absolute atomic E-state index is 0.0421. The molecule has 1 aliphatic rings. The van der Waals surface area contributed by atoms with Gasteiger partial charge in [-0.1, -0.05) is 18.2 Å². The number of piperidine rings is 1. The van der Waals surface area contributed by atoms with Crippen LogP contribution in [-0.4, -0.2) is 21.1 Å². The van der Waals surface area contributed by atoms with Gasteiger partial charge in [0.25, 0.3) is 0 Å². The molecule has 0 aromatic heterocycles. The van der Waals surface area contributed by atoms with Crippen LogP contribution >= 0.6 is 11.9 Å². The van der Waals surface area contributed by atoms with E-state index >= 15 is 0 Å². The normalized spacial score (nSPS) is 22.2. The van der Waals surface area contributed by atoms with Crippen molar-refractivity contribution in [1.29, 1.82) is 0 Å². The molecule has 0 amide bonds. The van der Waals surface area contributed by atoms with E-state index in [1.165, 1.54) is 4.90 Å². The maximum Gasteiger partial charge on any atom is 0.0413 e. The molecule has 0 spiro atoms. The van der Waals surface area contributed by atoms with Gasteiger partial charge in [0.2, 0.25) is 0 Å². The van der Waals surface area contributed by atoms with Crippen LogP contribution in [0.1, 0.15) is 40.5 Å². The second-order valence-electron chi connectivity index (χ2n) is 6.37. The summed E-state index contributed by atoms with van der Waals surface area (Å²) in [6.45, 7) is 9.04. The van der Waals surface area contributed by atoms with E-state index in [4.69, 9.17) is 5.84 Å². The number of nitrogens with zero attached hydrogens (tertiary/aromatic N) is 2. The third kappa shape index (κ3) is 3.12. The first-order valence-electron chi connectivity index (χ1n) is 6.64. The number of hydrogen-bond acceptors (Lipinski definition) is 4. The lowest BCUT2D eigenvalue weighted by Crippen LogP contribution is -2.57. The first-order chi connectivity index (χ1) is 8.85. The Morgan fingerprint density at radius 1 is 1.05 bits per heavy atom. The third-order valence-corrected chi connectivity index (χ3v) is 5.15. The molecule has 0 aliphatic carbocycles. The van der Waals surface area contributed by atoms with Gasteiger partial charge in [0.15, 0.2) is 0 Å². The quantitative estimate of drug-likeness (QED) is 0.509. The topological polar surface area (TPSA) is 41.6 Å². The molecule has 1 heterocycles. The van der Waals surface area contributed by atoms with E-state index in [-0.39, 0.29) is 11.1 Å². The summed E-state index contributed by atoms with van der Waals surface area (Å²) >= 11 is 1.83. The fraction of sp³-hybridized carbons (Fsp3) is 0.533. The molecule has 19 heavy (non-hydrogen) atoms. The number of hydrazone groups is 1. The predicted octanol–water partition coefficient (Wildman–Crippen LogP) is 3.66. The summed E-state index contributed by atoms with van der Waals surface area (Å²) in [5.74, 6) is 5.51. The Balaban J connectivity index is 2.27. The van der Waals surface area contributed by atoms with Gasteiger partial charge in [0, 0.05) is 34.5 Å². The van der Waals surface area contributed by atoms with Crippen molar-refractivity contribution >= 4 is 17.7 Å². The van der Waals surface area contributed by atoms with Gasteiger partial charge < -0.3 is 5.84 Å². The van der Waals surface area contributed by atoms with Gasteiger partial charge in [-0.15, -0.1) is 0 Å². The van der Waals surface area contributed by atoms with Gasteiger partial charge in [-0.25, -0.2) is 4.31 Å². The van der Waals surface area contributed by atoms with Gasteiger partial charge in [-0.05, 0) is 51.8 Å². The van der Waals surface area contributed by atoms with Crippen molar-refractivity contribution in [2.45, 2.75) is 56.5 Å². The molecular formula is C15H23N3S. The van der Waals surface area contributed by atoms with Crippen molar-refractivity contribution in [2.24, 2.45) is 10.9 Å². The van der Waals surface area contributed by atoms with Crippen LogP contribution in [0.4, 0.5) is 0 Å². The fourth-order valence-electron chi connectivity index (χ4n) is 2.95. The van der Waals surface area contributed by atoms with Crippen LogP contribution in [0, 0.1) is 0 Å². The summed E-state index contributed by atoms with van der Waals surface area (Å²) in [7, 11) is 0. The number of hydrogen-bond donors (Lipinski definition) is 1. The van der Waals surface area contributed by atoms with Crippen LogP contribution < -0.4 is 5.84 Å². The first-order valence-corrected chi connectivity index (χ1v) is 7.41. The highest BCUT2D eigenvalue weighted by molar-refractivity contribution is 7.97. The number of rotatable bonds is 2. The lowest BCUT2D eigenvalue weighted by atomic mass is 9.81. The molecular weight excluding hydrogens is 254 g/mol. The van der Waals surface area contributed by atoms with Crippen LogP contribution in [0.3, 0.4) is 0 Å². The van der Waals surface area contributed by atoms with Gasteiger partial charge in [0.05, 0.1) is 0 Å². The van der Waals surface area contributed by atoms with E-state index in [2.05, 4.69) is 67.4 Å². The van der Waals surface area contributed by atoms with Crippen LogP contribution in [-0.2, 0) is 0 Å². The number of nitrogens with two attached hydrogens (primary N) is 1. The zero-order valence-electron chi connectivity index (χ0n) is 12.2. The maximum absolute atomic E-state index is 5.51. The van der Waals surface area contributed by atoms with Gasteiger partial charge in [-0.3, -0.25) is 0 Å². The van der Waals surface area contributed by atoms with Crippen LogP contribution in [0.15, 0.2) is 40.3 Å².